The molecule has 1 aromatic carbocycles. The second-order valence-electron chi connectivity index (χ2n) is 8.48. The minimum Gasteiger partial charge on any atom is -1.00 e. The van der Waals surface area contributed by atoms with Crippen molar-refractivity contribution in [1.29, 1.82) is 0 Å². The van der Waals surface area contributed by atoms with Crippen molar-refractivity contribution in [2.45, 2.75) is 77.0 Å². The van der Waals surface area contributed by atoms with Crippen molar-refractivity contribution in [3.05, 3.63) is 54.1 Å². The van der Waals surface area contributed by atoms with E-state index < -0.39 is 29.8 Å². The maximum atomic E-state index is 13.9. The van der Waals surface area contributed by atoms with Crippen LogP contribution in [0.25, 0.3) is 0 Å². The molecule has 1 saturated carbocycles. The maximum absolute atomic E-state index is 13.9. The summed E-state index contributed by atoms with van der Waals surface area (Å²) in [6.07, 6.45) is 5.23. The van der Waals surface area contributed by atoms with Crippen LogP contribution in [-0.2, 0) is 21.7 Å². The SMILES string of the molecule is CCC(CC)n1cc[n+](CCOC(=O)[C@](O)(c2ccccc2)[C@H]2CCC(F)(F)C2)c1C.[Br-]. The molecule has 1 heterocycles. The second-order valence-corrected chi connectivity index (χ2v) is 8.48. The van der Waals surface area contributed by atoms with Gasteiger partial charge in [0.05, 0.1) is 0 Å². The number of rotatable bonds is 9. The highest BCUT2D eigenvalue weighted by Crippen LogP contribution is 2.47. The number of nitrogens with zero attached hydrogens (tertiary/aromatic N) is 2. The van der Waals surface area contributed by atoms with E-state index in [0.29, 0.717) is 18.2 Å². The first-order valence-corrected chi connectivity index (χ1v) is 11.1. The predicted octanol–water partition coefficient (Wildman–Crippen LogP) is 1.32. The zero-order chi connectivity index (χ0) is 22.6. The highest BCUT2D eigenvalue weighted by Gasteiger charge is 2.54. The quantitative estimate of drug-likeness (QED) is 0.405. The summed E-state index contributed by atoms with van der Waals surface area (Å²) in [7, 11) is 0. The average Bonchev–Trinajstić information content (AvgIpc) is 3.31. The zero-order valence-electron chi connectivity index (χ0n) is 18.9. The van der Waals surface area contributed by atoms with Gasteiger partial charge in [0.2, 0.25) is 5.92 Å². The number of alkyl halides is 2. The smallest absolute Gasteiger partial charge is 0.343 e. The molecule has 1 fully saturated rings. The summed E-state index contributed by atoms with van der Waals surface area (Å²) in [5.41, 5.74) is -1.78. The molecule has 3 rings (SSSR count). The summed E-state index contributed by atoms with van der Waals surface area (Å²) >= 11 is 0. The van der Waals surface area contributed by atoms with Crippen molar-refractivity contribution >= 4 is 5.97 Å². The Morgan fingerprint density at radius 1 is 1.31 bits per heavy atom. The molecule has 2 aromatic rings. The fraction of sp³-hybridized carbons (Fsp3) is 0.583. The first-order chi connectivity index (χ1) is 14.7. The minimum atomic E-state index is -2.88. The molecule has 0 saturated heterocycles. The van der Waals surface area contributed by atoms with Crippen molar-refractivity contribution in [3.8, 4) is 0 Å². The number of ether oxygens (including phenoxy) is 1. The van der Waals surface area contributed by atoms with Gasteiger partial charge in [0, 0.05) is 25.7 Å². The Morgan fingerprint density at radius 3 is 2.53 bits per heavy atom. The molecule has 0 spiro atoms. The van der Waals surface area contributed by atoms with E-state index in [1.807, 2.05) is 23.9 Å². The van der Waals surface area contributed by atoms with Crippen molar-refractivity contribution in [3.63, 3.8) is 0 Å². The van der Waals surface area contributed by atoms with Crippen LogP contribution in [0.1, 0.15) is 63.4 Å². The summed E-state index contributed by atoms with van der Waals surface area (Å²) in [6, 6.07) is 8.71. The summed E-state index contributed by atoms with van der Waals surface area (Å²) in [4.78, 5) is 13.0. The molecule has 1 aliphatic carbocycles. The van der Waals surface area contributed by atoms with Crippen LogP contribution < -0.4 is 21.5 Å². The van der Waals surface area contributed by atoms with Crippen LogP contribution in [0.4, 0.5) is 8.78 Å². The molecule has 1 N–H and O–H groups in total. The molecule has 0 bridgehead atoms. The van der Waals surface area contributed by atoms with Crippen molar-refractivity contribution in [2.24, 2.45) is 5.92 Å². The van der Waals surface area contributed by atoms with Gasteiger partial charge in [-0.1, -0.05) is 44.2 Å². The number of carbonyl (C=O) groups excluding carboxylic acids is 1. The number of aromatic nitrogens is 2. The first kappa shape index (κ1) is 26.5. The Balaban J connectivity index is 0.00000363. The molecule has 0 unspecified atom stereocenters. The van der Waals surface area contributed by atoms with Gasteiger partial charge in [-0.3, -0.25) is 0 Å². The minimum absolute atomic E-state index is 0. The number of aliphatic hydroxyl groups is 1. The fourth-order valence-electron chi connectivity index (χ4n) is 4.69. The molecule has 32 heavy (non-hydrogen) atoms. The number of hydrogen-bond acceptors (Lipinski definition) is 3. The van der Waals surface area contributed by atoms with Gasteiger partial charge in [0.1, 0.15) is 31.6 Å². The molecular weight excluding hydrogens is 482 g/mol. The van der Waals surface area contributed by atoms with E-state index in [1.54, 1.807) is 30.3 Å². The molecule has 178 valence electrons. The van der Waals surface area contributed by atoms with E-state index in [-0.39, 0.29) is 36.4 Å². The van der Waals surface area contributed by atoms with E-state index in [9.17, 15) is 18.7 Å². The maximum Gasteiger partial charge on any atom is 0.343 e. The van der Waals surface area contributed by atoms with Crippen molar-refractivity contribution in [2.75, 3.05) is 6.61 Å². The third-order valence-corrected chi connectivity index (χ3v) is 6.62. The molecular formula is C24H33BrF2N2O3. The van der Waals surface area contributed by atoms with Crippen LogP contribution in [0.2, 0.25) is 0 Å². The van der Waals surface area contributed by atoms with Gasteiger partial charge in [-0.15, -0.1) is 0 Å². The van der Waals surface area contributed by atoms with Gasteiger partial charge in [-0.05, 0) is 24.8 Å². The van der Waals surface area contributed by atoms with Gasteiger partial charge < -0.3 is 26.8 Å². The summed E-state index contributed by atoms with van der Waals surface area (Å²) in [5, 5.41) is 11.4. The van der Waals surface area contributed by atoms with Gasteiger partial charge in [-0.25, -0.2) is 22.7 Å². The van der Waals surface area contributed by atoms with Crippen LogP contribution in [0.5, 0.6) is 0 Å². The number of imidazole rings is 1. The number of halogens is 3. The second kappa shape index (κ2) is 10.9. The Morgan fingerprint density at radius 2 is 1.97 bits per heavy atom. The van der Waals surface area contributed by atoms with Crippen LogP contribution in [0.15, 0.2) is 42.7 Å². The molecule has 8 heteroatoms. The number of benzene rings is 1. The lowest BCUT2D eigenvalue weighted by molar-refractivity contribution is -0.703. The van der Waals surface area contributed by atoms with Crippen LogP contribution in [-0.4, -0.2) is 28.2 Å². The monoisotopic (exact) mass is 514 g/mol. The third kappa shape index (κ3) is 5.39. The topological polar surface area (TPSA) is 55.3 Å². The third-order valence-electron chi connectivity index (χ3n) is 6.62. The number of esters is 1. The molecule has 1 aliphatic rings. The zero-order valence-corrected chi connectivity index (χ0v) is 20.5. The molecule has 1 aromatic heterocycles. The Kier molecular flexibility index (Phi) is 8.99. The Labute approximate surface area is 199 Å². The standard InChI is InChI=1S/C24H33F2N2O3.BrH/c1-4-21(5-2)28-14-13-27(18(28)3)15-16-31-22(29)24(30,19-9-7-6-8-10-19)20-11-12-23(25,26)17-20;/h6-10,13-14,20-21,30H,4-5,11-12,15-17H2,1-3H3;1H/q+1;/p-1/t20-,24-;/m0./s1. The van der Waals surface area contributed by atoms with Crippen molar-refractivity contribution in [1.82, 2.24) is 4.57 Å². The lowest BCUT2D eigenvalue weighted by atomic mass is 9.80. The van der Waals surface area contributed by atoms with Crippen LogP contribution in [0.3, 0.4) is 0 Å². The normalized spacial score (nSPS) is 19.4. The lowest BCUT2D eigenvalue weighted by Gasteiger charge is -2.32. The highest BCUT2D eigenvalue weighted by molar-refractivity contribution is 5.81. The van der Waals surface area contributed by atoms with Gasteiger partial charge in [0.25, 0.3) is 5.82 Å². The van der Waals surface area contributed by atoms with E-state index in [0.717, 1.165) is 18.7 Å². The number of carbonyl (C=O) groups is 1. The Bertz CT molecular complexity index is 887. The van der Waals surface area contributed by atoms with E-state index in [4.69, 9.17) is 4.74 Å². The molecule has 0 aliphatic heterocycles. The van der Waals surface area contributed by atoms with Crippen molar-refractivity contribution < 1.29 is 45.0 Å². The van der Waals surface area contributed by atoms with E-state index >= 15 is 0 Å². The van der Waals surface area contributed by atoms with Gasteiger partial charge >= 0.3 is 5.97 Å². The number of hydrogen-bond donors (Lipinski definition) is 1. The summed E-state index contributed by atoms with van der Waals surface area (Å²) in [5.74, 6) is -3.57. The van der Waals surface area contributed by atoms with E-state index in [2.05, 4.69) is 18.4 Å². The molecule has 0 amide bonds. The summed E-state index contributed by atoms with van der Waals surface area (Å²) in [6.45, 7) is 6.79. The predicted molar refractivity (Wildman–Crippen MR) is 113 cm³/mol. The average molecular weight is 515 g/mol. The van der Waals surface area contributed by atoms with Gasteiger partial charge in [-0.2, -0.15) is 0 Å². The van der Waals surface area contributed by atoms with Crippen LogP contribution in [0, 0.1) is 12.8 Å². The Hall–Kier alpha value is -1.80. The lowest BCUT2D eigenvalue weighted by Crippen LogP contribution is -3.00. The highest BCUT2D eigenvalue weighted by atomic mass is 79.9. The molecule has 2 atom stereocenters. The first-order valence-electron chi connectivity index (χ1n) is 11.1. The van der Waals surface area contributed by atoms with Crippen LogP contribution >= 0.6 is 0 Å². The van der Waals surface area contributed by atoms with Gasteiger partial charge in [0.15, 0.2) is 5.60 Å². The molecule has 5 nitrogen and oxygen atoms in total. The fourth-order valence-corrected chi connectivity index (χ4v) is 4.69. The largest absolute Gasteiger partial charge is 1.00 e. The molecule has 0 radical (unpaired) electrons. The van der Waals surface area contributed by atoms with E-state index in [1.165, 1.54) is 0 Å². The summed E-state index contributed by atoms with van der Waals surface area (Å²) < 4.78 is 37.4.